The number of benzene rings is 2. The Hall–Kier alpha value is -2.90. The number of carboxylic acids is 1. The first kappa shape index (κ1) is 21.8. The number of carbonyl (C=O) groups is 3. The summed E-state index contributed by atoms with van der Waals surface area (Å²) in [5, 5.41) is 12.0. The zero-order valence-electron chi connectivity index (χ0n) is 16.4. The van der Waals surface area contributed by atoms with Crippen LogP contribution in [0.2, 0.25) is 0 Å². The van der Waals surface area contributed by atoms with Gasteiger partial charge in [-0.3, -0.25) is 14.4 Å². The number of thiophene rings is 1. The van der Waals surface area contributed by atoms with Gasteiger partial charge < -0.3 is 10.4 Å². The Labute approximate surface area is 183 Å². The zero-order chi connectivity index (χ0) is 21.5. The number of thioether (sulfide) groups is 1. The van der Waals surface area contributed by atoms with Crippen molar-refractivity contribution in [3.05, 3.63) is 76.7 Å². The highest BCUT2D eigenvalue weighted by Gasteiger charge is 2.19. The maximum Gasteiger partial charge on any atom is 0.313 e. The Morgan fingerprint density at radius 2 is 1.63 bits per heavy atom. The molecule has 1 amide bonds. The molecule has 2 aromatic carbocycles. The molecule has 0 fully saturated rings. The molecular formula is C23H21NO4S2. The van der Waals surface area contributed by atoms with Crippen LogP contribution in [0.15, 0.2) is 60.7 Å². The molecule has 0 bridgehead atoms. The smallest absolute Gasteiger partial charge is 0.313 e. The molecule has 0 atom stereocenters. The van der Waals surface area contributed by atoms with Crippen molar-refractivity contribution in [2.45, 2.75) is 13.3 Å². The molecule has 3 rings (SSSR count). The number of amides is 1. The minimum absolute atomic E-state index is 0.0189. The normalized spacial score (nSPS) is 10.6. The predicted octanol–water partition coefficient (Wildman–Crippen LogP) is 4.96. The number of rotatable bonds is 9. The van der Waals surface area contributed by atoms with E-state index in [1.807, 2.05) is 55.5 Å². The fraction of sp³-hybridized carbons (Fsp3) is 0.174. The van der Waals surface area contributed by atoms with Crippen LogP contribution in [0.5, 0.6) is 0 Å². The molecule has 0 aliphatic rings. The van der Waals surface area contributed by atoms with Crippen LogP contribution in [-0.2, 0) is 16.0 Å². The largest absolute Gasteiger partial charge is 0.481 e. The van der Waals surface area contributed by atoms with Crippen LogP contribution in [-0.4, -0.2) is 34.3 Å². The molecule has 5 nitrogen and oxygen atoms in total. The first-order valence-corrected chi connectivity index (χ1v) is 11.4. The minimum Gasteiger partial charge on any atom is -0.481 e. The number of carbonyl (C=O) groups excluding carboxylic acids is 2. The molecule has 0 saturated carbocycles. The maximum absolute atomic E-state index is 13.1. The van der Waals surface area contributed by atoms with Crippen molar-refractivity contribution in [2.24, 2.45) is 0 Å². The van der Waals surface area contributed by atoms with E-state index in [4.69, 9.17) is 5.11 Å². The molecule has 1 heterocycles. The Kier molecular flexibility index (Phi) is 7.43. The van der Waals surface area contributed by atoms with Gasteiger partial charge >= 0.3 is 5.97 Å². The molecule has 0 radical (unpaired) electrons. The molecule has 7 heteroatoms. The Balaban J connectivity index is 1.77. The SMILES string of the molecule is CCc1cc(C(=O)c2ccc(-c3ccccc3)cc2)c(NC(=O)CSCC(=O)O)s1. The predicted molar refractivity (Wildman–Crippen MR) is 123 cm³/mol. The van der Waals surface area contributed by atoms with Crippen LogP contribution in [0, 0.1) is 0 Å². The molecule has 2 N–H and O–H groups in total. The van der Waals surface area contributed by atoms with E-state index in [9.17, 15) is 14.4 Å². The summed E-state index contributed by atoms with van der Waals surface area (Å²) >= 11 is 2.39. The van der Waals surface area contributed by atoms with Crippen molar-refractivity contribution in [3.63, 3.8) is 0 Å². The van der Waals surface area contributed by atoms with E-state index in [0.717, 1.165) is 34.2 Å². The summed E-state index contributed by atoms with van der Waals surface area (Å²) < 4.78 is 0. The summed E-state index contributed by atoms with van der Waals surface area (Å²) in [4.78, 5) is 36.9. The Morgan fingerprint density at radius 1 is 0.967 bits per heavy atom. The van der Waals surface area contributed by atoms with Crippen LogP contribution in [0.1, 0.15) is 27.7 Å². The van der Waals surface area contributed by atoms with Gasteiger partial charge in [-0.15, -0.1) is 23.1 Å². The first-order valence-electron chi connectivity index (χ1n) is 9.40. The quantitative estimate of drug-likeness (QED) is 0.460. The van der Waals surface area contributed by atoms with Gasteiger partial charge in [0.15, 0.2) is 5.78 Å². The average molecular weight is 440 g/mol. The Morgan fingerprint density at radius 3 is 2.27 bits per heavy atom. The van der Waals surface area contributed by atoms with Crippen LogP contribution in [0.3, 0.4) is 0 Å². The van der Waals surface area contributed by atoms with E-state index in [0.29, 0.717) is 16.1 Å². The van der Waals surface area contributed by atoms with Gasteiger partial charge in [-0.25, -0.2) is 0 Å². The second-order valence-corrected chi connectivity index (χ2v) is 8.64. The number of anilines is 1. The van der Waals surface area contributed by atoms with Gasteiger partial charge in [0.05, 0.1) is 17.1 Å². The topological polar surface area (TPSA) is 83.5 Å². The monoisotopic (exact) mass is 439 g/mol. The van der Waals surface area contributed by atoms with E-state index in [-0.39, 0.29) is 23.2 Å². The van der Waals surface area contributed by atoms with Crippen molar-refractivity contribution in [3.8, 4) is 11.1 Å². The van der Waals surface area contributed by atoms with E-state index in [1.54, 1.807) is 12.1 Å². The van der Waals surface area contributed by atoms with Gasteiger partial charge in [0, 0.05) is 10.4 Å². The number of nitrogens with one attached hydrogen (secondary N) is 1. The number of aryl methyl sites for hydroxylation is 1. The number of carboxylic acid groups (broad SMARTS) is 1. The maximum atomic E-state index is 13.1. The molecule has 0 aliphatic heterocycles. The van der Waals surface area contributed by atoms with E-state index < -0.39 is 5.97 Å². The summed E-state index contributed by atoms with van der Waals surface area (Å²) in [5.74, 6) is -1.56. The zero-order valence-corrected chi connectivity index (χ0v) is 18.0. The highest BCUT2D eigenvalue weighted by atomic mass is 32.2. The standard InChI is InChI=1S/C23H21NO4S2/c1-2-18-12-19(23(30-18)24-20(25)13-29-14-21(26)27)22(28)17-10-8-16(9-11-17)15-6-4-3-5-7-15/h3-12H,2,13-14H2,1H3,(H,24,25)(H,26,27). The summed E-state index contributed by atoms with van der Waals surface area (Å²) in [6, 6.07) is 19.2. The van der Waals surface area contributed by atoms with Gasteiger partial charge in [-0.1, -0.05) is 61.5 Å². The fourth-order valence-corrected chi connectivity index (χ4v) is 4.42. The highest BCUT2D eigenvalue weighted by Crippen LogP contribution is 2.31. The van der Waals surface area contributed by atoms with E-state index >= 15 is 0 Å². The third kappa shape index (κ3) is 5.58. The molecule has 154 valence electrons. The van der Waals surface area contributed by atoms with Crippen LogP contribution < -0.4 is 5.32 Å². The summed E-state index contributed by atoms with van der Waals surface area (Å²) in [6.45, 7) is 1.99. The van der Waals surface area contributed by atoms with Crippen molar-refractivity contribution in [1.29, 1.82) is 0 Å². The average Bonchev–Trinajstić information content (AvgIpc) is 3.16. The number of aliphatic carboxylic acids is 1. The Bertz CT molecular complexity index is 1040. The van der Waals surface area contributed by atoms with Gasteiger partial charge in [0.25, 0.3) is 0 Å². The minimum atomic E-state index is -0.966. The molecular weight excluding hydrogens is 418 g/mol. The third-order valence-electron chi connectivity index (χ3n) is 4.34. The van der Waals surface area contributed by atoms with Gasteiger partial charge in [0.1, 0.15) is 5.00 Å². The molecule has 0 spiro atoms. The lowest BCUT2D eigenvalue weighted by Gasteiger charge is -2.07. The van der Waals surface area contributed by atoms with Gasteiger partial charge in [0.2, 0.25) is 5.91 Å². The molecule has 3 aromatic rings. The lowest BCUT2D eigenvalue weighted by molar-refractivity contribution is -0.133. The van der Waals surface area contributed by atoms with Crippen LogP contribution >= 0.6 is 23.1 Å². The van der Waals surface area contributed by atoms with Crippen molar-refractivity contribution in [1.82, 2.24) is 0 Å². The molecule has 30 heavy (non-hydrogen) atoms. The third-order valence-corrected chi connectivity index (χ3v) is 6.45. The summed E-state index contributed by atoms with van der Waals surface area (Å²) in [6.07, 6.45) is 0.752. The van der Waals surface area contributed by atoms with E-state index in [2.05, 4.69) is 5.32 Å². The molecule has 0 saturated heterocycles. The lowest BCUT2D eigenvalue weighted by Crippen LogP contribution is -2.16. The highest BCUT2D eigenvalue weighted by molar-refractivity contribution is 8.00. The van der Waals surface area contributed by atoms with E-state index in [1.165, 1.54) is 11.3 Å². The number of ketones is 1. The van der Waals surface area contributed by atoms with Gasteiger partial charge in [-0.05, 0) is 23.6 Å². The molecule has 1 aromatic heterocycles. The number of hydrogen-bond donors (Lipinski definition) is 2. The summed E-state index contributed by atoms with van der Waals surface area (Å²) in [7, 11) is 0. The van der Waals surface area contributed by atoms with Crippen molar-refractivity contribution in [2.75, 3.05) is 16.8 Å². The van der Waals surface area contributed by atoms with Crippen molar-refractivity contribution >= 4 is 45.8 Å². The van der Waals surface area contributed by atoms with Crippen LogP contribution in [0.25, 0.3) is 11.1 Å². The molecule has 0 aliphatic carbocycles. The fourth-order valence-electron chi connectivity index (χ4n) is 2.87. The summed E-state index contributed by atoms with van der Waals surface area (Å²) in [5.41, 5.74) is 3.11. The van der Waals surface area contributed by atoms with Crippen molar-refractivity contribution < 1.29 is 19.5 Å². The first-order chi connectivity index (χ1) is 14.5. The van der Waals surface area contributed by atoms with Crippen LogP contribution in [0.4, 0.5) is 5.00 Å². The lowest BCUT2D eigenvalue weighted by atomic mass is 10.00. The van der Waals surface area contributed by atoms with Gasteiger partial charge in [-0.2, -0.15) is 0 Å². The molecule has 0 unspecified atom stereocenters. The second kappa shape index (κ2) is 10.2. The number of hydrogen-bond acceptors (Lipinski definition) is 5. The second-order valence-electron chi connectivity index (χ2n) is 6.52.